The minimum atomic E-state index is -0.467. The van der Waals surface area contributed by atoms with Gasteiger partial charge in [0, 0.05) is 25.3 Å². The number of unbranched alkanes of at least 4 members (excludes halogenated alkanes) is 2. The zero-order chi connectivity index (χ0) is 15.5. The molecule has 0 aromatic heterocycles. The number of carbonyl (C=O) groups is 1. The molecule has 1 rings (SSSR count). The molecule has 21 heavy (non-hydrogen) atoms. The molecule has 1 aromatic carbocycles. The van der Waals surface area contributed by atoms with Crippen LogP contribution in [0.15, 0.2) is 24.3 Å². The molecule has 0 spiro atoms. The Morgan fingerprint density at radius 1 is 1.33 bits per heavy atom. The third-order valence-corrected chi connectivity index (χ3v) is 2.95. The molecule has 0 radical (unpaired) electrons. The smallest absolute Gasteiger partial charge is 0.269 e. The van der Waals surface area contributed by atoms with Crippen LogP contribution in [0.5, 0.6) is 0 Å². The van der Waals surface area contributed by atoms with Crippen LogP contribution in [0.3, 0.4) is 0 Å². The molecule has 1 amide bonds. The Kier molecular flexibility index (Phi) is 8.04. The van der Waals surface area contributed by atoms with E-state index in [4.69, 9.17) is 4.74 Å². The lowest BCUT2D eigenvalue weighted by Gasteiger charge is -2.06. The summed E-state index contributed by atoms with van der Waals surface area (Å²) in [6.07, 6.45) is 3.48. The summed E-state index contributed by atoms with van der Waals surface area (Å²) in [6.45, 7) is 3.80. The molecule has 0 saturated carbocycles. The van der Waals surface area contributed by atoms with Crippen molar-refractivity contribution in [1.82, 2.24) is 5.32 Å². The summed E-state index contributed by atoms with van der Waals surface area (Å²) in [4.78, 5) is 21.9. The maximum atomic E-state index is 11.7. The Labute approximate surface area is 124 Å². The fourth-order valence-electron chi connectivity index (χ4n) is 1.85. The Morgan fingerprint density at radius 3 is 2.86 bits per heavy atom. The van der Waals surface area contributed by atoms with Crippen LogP contribution in [-0.4, -0.2) is 30.6 Å². The first kappa shape index (κ1) is 17.1. The second kappa shape index (κ2) is 9.88. The summed E-state index contributed by atoms with van der Waals surface area (Å²) in [5.74, 6) is -0.160. The standard InChI is InChI=1S/C15H22N2O4/c1-2-3-4-9-21-10-8-16-15(18)12-13-6-5-7-14(11-13)17(19)20/h5-7,11H,2-4,8-10,12H2,1H3,(H,16,18). The molecule has 0 bridgehead atoms. The summed E-state index contributed by atoms with van der Waals surface area (Å²) < 4.78 is 5.38. The number of nitrogens with zero attached hydrogens (tertiary/aromatic N) is 1. The van der Waals surface area contributed by atoms with Crippen molar-refractivity contribution in [2.75, 3.05) is 19.8 Å². The number of nitro groups is 1. The van der Waals surface area contributed by atoms with Crippen LogP contribution in [-0.2, 0) is 16.0 Å². The lowest BCUT2D eigenvalue weighted by atomic mass is 10.1. The topological polar surface area (TPSA) is 81.5 Å². The van der Waals surface area contributed by atoms with E-state index in [1.165, 1.54) is 12.1 Å². The second-order valence-electron chi connectivity index (χ2n) is 4.77. The van der Waals surface area contributed by atoms with E-state index in [0.717, 1.165) is 19.3 Å². The minimum absolute atomic E-state index is 0.000410. The molecule has 1 N–H and O–H groups in total. The average Bonchev–Trinajstić information content (AvgIpc) is 2.46. The van der Waals surface area contributed by atoms with E-state index in [9.17, 15) is 14.9 Å². The van der Waals surface area contributed by atoms with Gasteiger partial charge in [-0.05, 0) is 12.0 Å². The van der Waals surface area contributed by atoms with Crippen molar-refractivity contribution in [2.45, 2.75) is 32.6 Å². The summed E-state index contributed by atoms with van der Waals surface area (Å²) in [6, 6.07) is 6.11. The second-order valence-corrected chi connectivity index (χ2v) is 4.77. The summed E-state index contributed by atoms with van der Waals surface area (Å²) >= 11 is 0. The molecule has 0 atom stereocenters. The van der Waals surface area contributed by atoms with Gasteiger partial charge < -0.3 is 10.1 Å². The predicted octanol–water partition coefficient (Wildman–Crippen LogP) is 2.46. The Balaban J connectivity index is 2.21. The van der Waals surface area contributed by atoms with Gasteiger partial charge in [0.25, 0.3) is 5.69 Å². The molecule has 0 aliphatic carbocycles. The normalized spacial score (nSPS) is 10.3. The number of nitrogens with one attached hydrogen (secondary N) is 1. The number of amides is 1. The Morgan fingerprint density at radius 2 is 2.14 bits per heavy atom. The third kappa shape index (κ3) is 7.41. The van der Waals surface area contributed by atoms with Crippen LogP contribution < -0.4 is 5.32 Å². The Hall–Kier alpha value is -1.95. The van der Waals surface area contributed by atoms with Gasteiger partial charge in [-0.25, -0.2) is 0 Å². The predicted molar refractivity (Wildman–Crippen MR) is 80.2 cm³/mol. The fourth-order valence-corrected chi connectivity index (χ4v) is 1.85. The van der Waals surface area contributed by atoms with Crippen LogP contribution in [0.1, 0.15) is 31.7 Å². The van der Waals surface area contributed by atoms with Gasteiger partial charge in [-0.15, -0.1) is 0 Å². The highest BCUT2D eigenvalue weighted by Crippen LogP contribution is 2.13. The maximum absolute atomic E-state index is 11.7. The van der Waals surface area contributed by atoms with Crippen molar-refractivity contribution < 1.29 is 14.5 Å². The zero-order valence-electron chi connectivity index (χ0n) is 12.3. The molecular formula is C15H22N2O4. The number of hydrogen-bond acceptors (Lipinski definition) is 4. The molecule has 1 aromatic rings. The number of non-ortho nitro benzene ring substituents is 1. The van der Waals surface area contributed by atoms with Gasteiger partial charge in [0.2, 0.25) is 5.91 Å². The first-order valence-electron chi connectivity index (χ1n) is 7.21. The molecule has 0 aliphatic rings. The quantitative estimate of drug-likeness (QED) is 0.408. The third-order valence-electron chi connectivity index (χ3n) is 2.95. The lowest BCUT2D eigenvalue weighted by molar-refractivity contribution is -0.384. The highest BCUT2D eigenvalue weighted by Gasteiger charge is 2.08. The van der Waals surface area contributed by atoms with Crippen molar-refractivity contribution in [3.05, 3.63) is 39.9 Å². The average molecular weight is 294 g/mol. The van der Waals surface area contributed by atoms with Gasteiger partial charge in [-0.3, -0.25) is 14.9 Å². The van der Waals surface area contributed by atoms with Crippen molar-refractivity contribution >= 4 is 11.6 Å². The van der Waals surface area contributed by atoms with E-state index < -0.39 is 4.92 Å². The van der Waals surface area contributed by atoms with Gasteiger partial charge >= 0.3 is 0 Å². The SMILES string of the molecule is CCCCCOCCNC(=O)Cc1cccc([N+](=O)[O-])c1. The van der Waals surface area contributed by atoms with E-state index in [-0.39, 0.29) is 18.0 Å². The number of hydrogen-bond donors (Lipinski definition) is 1. The summed E-state index contributed by atoms with van der Waals surface area (Å²) in [5.41, 5.74) is 0.630. The summed E-state index contributed by atoms with van der Waals surface area (Å²) in [5, 5.41) is 13.4. The van der Waals surface area contributed by atoms with Crippen LogP contribution in [0, 0.1) is 10.1 Å². The van der Waals surface area contributed by atoms with Crippen LogP contribution in [0.25, 0.3) is 0 Å². The van der Waals surface area contributed by atoms with Crippen molar-refractivity contribution in [3.63, 3.8) is 0 Å². The fraction of sp³-hybridized carbons (Fsp3) is 0.533. The van der Waals surface area contributed by atoms with Crippen LogP contribution >= 0.6 is 0 Å². The molecule has 0 saturated heterocycles. The van der Waals surface area contributed by atoms with Gasteiger partial charge in [0.1, 0.15) is 0 Å². The molecule has 0 fully saturated rings. The molecule has 6 heteroatoms. The molecule has 0 unspecified atom stereocenters. The molecule has 116 valence electrons. The lowest BCUT2D eigenvalue weighted by Crippen LogP contribution is -2.28. The number of rotatable bonds is 10. The zero-order valence-corrected chi connectivity index (χ0v) is 12.3. The first-order chi connectivity index (χ1) is 10.1. The number of benzene rings is 1. The minimum Gasteiger partial charge on any atom is -0.380 e. The number of carbonyl (C=O) groups excluding carboxylic acids is 1. The Bertz CT molecular complexity index is 463. The van der Waals surface area contributed by atoms with E-state index >= 15 is 0 Å². The first-order valence-corrected chi connectivity index (χ1v) is 7.21. The van der Waals surface area contributed by atoms with Crippen LogP contribution in [0.2, 0.25) is 0 Å². The van der Waals surface area contributed by atoms with Gasteiger partial charge in [0.15, 0.2) is 0 Å². The number of nitro benzene ring substituents is 1. The highest BCUT2D eigenvalue weighted by atomic mass is 16.6. The van der Waals surface area contributed by atoms with E-state index in [1.807, 2.05) is 0 Å². The summed E-state index contributed by atoms with van der Waals surface area (Å²) in [7, 11) is 0. The molecule has 0 heterocycles. The van der Waals surface area contributed by atoms with E-state index in [0.29, 0.717) is 25.3 Å². The largest absolute Gasteiger partial charge is 0.380 e. The molecule has 0 aliphatic heterocycles. The van der Waals surface area contributed by atoms with E-state index in [2.05, 4.69) is 12.2 Å². The van der Waals surface area contributed by atoms with Crippen molar-refractivity contribution in [1.29, 1.82) is 0 Å². The molecular weight excluding hydrogens is 272 g/mol. The van der Waals surface area contributed by atoms with Crippen LogP contribution in [0.4, 0.5) is 5.69 Å². The number of ether oxygens (including phenoxy) is 1. The van der Waals surface area contributed by atoms with Gasteiger partial charge in [-0.2, -0.15) is 0 Å². The highest BCUT2D eigenvalue weighted by molar-refractivity contribution is 5.78. The van der Waals surface area contributed by atoms with Gasteiger partial charge in [0.05, 0.1) is 18.0 Å². The monoisotopic (exact) mass is 294 g/mol. The van der Waals surface area contributed by atoms with Crippen molar-refractivity contribution in [2.24, 2.45) is 0 Å². The molecule has 6 nitrogen and oxygen atoms in total. The van der Waals surface area contributed by atoms with E-state index in [1.54, 1.807) is 12.1 Å². The maximum Gasteiger partial charge on any atom is 0.269 e. The van der Waals surface area contributed by atoms with Gasteiger partial charge in [-0.1, -0.05) is 31.9 Å². The van der Waals surface area contributed by atoms with Crippen molar-refractivity contribution in [3.8, 4) is 0 Å².